The Morgan fingerprint density at radius 1 is 0.754 bits per heavy atom. The topological polar surface area (TPSA) is 351 Å². The van der Waals surface area contributed by atoms with Crippen LogP contribution in [0.1, 0.15) is 106 Å². The van der Waals surface area contributed by atoms with Crippen LogP contribution in [0.4, 0.5) is 59.4 Å². The fourth-order valence-corrected chi connectivity index (χ4v) is 15.4. The second kappa shape index (κ2) is 35.4. The Labute approximate surface area is 650 Å². The van der Waals surface area contributed by atoms with E-state index in [9.17, 15) is 50.7 Å². The van der Waals surface area contributed by atoms with Gasteiger partial charge in [-0.05, 0) is 107 Å². The molecule has 5 amide bonds. The average molecular weight is 1660 g/mol. The molecule has 5 aromatic rings. The number of rotatable bonds is 29. The molecule has 3 aromatic carbocycles. The first-order valence-corrected chi connectivity index (χ1v) is 38.6. The predicted octanol–water partition coefficient (Wildman–Crippen LogP) is 7.20. The second-order valence-electron chi connectivity index (χ2n) is 30.0. The van der Waals surface area contributed by atoms with Gasteiger partial charge in [-0.2, -0.15) is 57.3 Å². The van der Waals surface area contributed by atoms with Crippen molar-refractivity contribution in [2.45, 2.75) is 154 Å². The van der Waals surface area contributed by atoms with Crippen molar-refractivity contribution in [1.82, 2.24) is 64.5 Å². The Kier molecular flexibility index (Phi) is 27.6. The van der Waals surface area contributed by atoms with Crippen LogP contribution >= 0.6 is 7.82 Å². The lowest BCUT2D eigenvalue weighted by molar-refractivity contribution is -0.221. The molecule has 9 rings (SSSR count). The van der Waals surface area contributed by atoms with E-state index in [2.05, 4.69) is 56.9 Å². The van der Waals surface area contributed by atoms with Crippen molar-refractivity contribution >= 4 is 59.9 Å². The van der Waals surface area contributed by atoms with Crippen molar-refractivity contribution in [1.29, 1.82) is 0 Å². The number of nitrogens with zero attached hydrogens (tertiary/aromatic N) is 10. The van der Waals surface area contributed by atoms with E-state index in [0.29, 0.717) is 106 Å². The first-order chi connectivity index (χ1) is 53.1. The van der Waals surface area contributed by atoms with Gasteiger partial charge in [0.2, 0.25) is 17.8 Å². The molecular formula is C72H89F10N14O16PS. The third-order valence-corrected chi connectivity index (χ3v) is 22.8. The van der Waals surface area contributed by atoms with Crippen LogP contribution in [0.15, 0.2) is 73.2 Å². The van der Waals surface area contributed by atoms with Gasteiger partial charge in [-0.25, -0.2) is 42.6 Å². The van der Waals surface area contributed by atoms with Crippen LogP contribution in [0.2, 0.25) is 0 Å². The minimum atomic E-state index is -5.59. The monoisotopic (exact) mass is 1660 g/mol. The average Bonchev–Trinajstić information content (AvgIpc) is 1.29. The molecule has 2 unspecified atom stereocenters. The number of nitrogens with one attached hydrogen (secondary N) is 4. The summed E-state index contributed by atoms with van der Waals surface area (Å²) in [5.74, 6) is -2.96. The van der Waals surface area contributed by atoms with Gasteiger partial charge >= 0.3 is 44.9 Å². The molecule has 4 fully saturated rings. The van der Waals surface area contributed by atoms with E-state index in [1.807, 2.05) is 5.32 Å². The lowest BCUT2D eigenvalue weighted by Crippen LogP contribution is -2.64. The number of fused-ring (bicyclic) bond motifs is 2. The number of aromatic nitrogens is 4. The highest BCUT2D eigenvalue weighted by Crippen LogP contribution is 2.47. The molecule has 4 saturated heterocycles. The number of hydrogen-bond donors (Lipinski definition) is 6. The zero-order valence-electron chi connectivity index (χ0n) is 63.9. The lowest BCUT2D eigenvalue weighted by Gasteiger charge is -2.47. The number of carbonyl (C=O) groups excluding carboxylic acids is 6. The number of alkyl halides is 8. The van der Waals surface area contributed by atoms with Gasteiger partial charge in [0.1, 0.15) is 35.6 Å². The smallest absolute Gasteiger partial charge is 0.459 e. The SMILES string of the molecule is COC(=O)N[C@H](C(=O)N[C@@H](Cc1ccc(C#Cc2cnc(N3CC4CCC(C3)N4C3COC3)nc2)cc1)[C@H](CN(Cc1c(F)cc(-c2ccn(C(F)F)n2)cc1F)NC(=O)[C@@H](NC(=O)OC)C(C)(C)C(F)(F)F)OC(=O)CC(C)(C)c1c(CC(=O)N2CCN(S(=O)(=O)N(C)C)CC2)cc(C)cc1OP(=O)(O)O)C(C)(C)C(F)(F)F. The van der Waals surface area contributed by atoms with Gasteiger partial charge in [0, 0.05) is 118 Å². The molecule has 0 saturated carbocycles. The number of anilines is 1. The molecule has 6 heterocycles. The summed E-state index contributed by atoms with van der Waals surface area (Å²) in [6.45, 7) is 2.30. The highest BCUT2D eigenvalue weighted by molar-refractivity contribution is 7.86. The van der Waals surface area contributed by atoms with Crippen molar-refractivity contribution < 1.29 is 119 Å². The number of piperazine rings is 2. The van der Waals surface area contributed by atoms with Crippen LogP contribution in [0, 0.1) is 41.2 Å². The number of carbonyl (C=O) groups is 6. The number of benzene rings is 3. The summed E-state index contributed by atoms with van der Waals surface area (Å²) in [4.78, 5) is 122. The minimum Gasteiger partial charge on any atom is -0.459 e. The normalized spacial score (nSPS) is 17.9. The maximum Gasteiger partial charge on any atom is 0.524 e. The molecule has 2 aromatic heterocycles. The standard InChI is InChI=1S/C72H89F10N14O16PS/c1-41-26-46(31-57(97)91-22-24-94(25-23-91)114(106,107)90(8)9)59(55(27-41)112-113(103,104)105)68(2,3)32-58(98)111-56(38-93(89-63(100)61(87-67(102)109-11)70(6,7)72(80,81)82)37-50-51(73)29-45(30-52(50)74)53-20-21-95(88-53)64(75)76)54(85-62(99)60(86-66(101)108-10)69(4,5)71(77,78)79)28-43-15-12-42(13-16-43)14-17-44-33-83-65(84-34-44)92-35-47-18-19-48(36-92)96(47)49-39-110-40-49/h12-13,15-16,20-21,26-27,29-30,33-34,47-49,54,56,60-61,64H,18-19,22-25,28,31-32,35-40H2,1-11H3,(H,85,99)(H,86,101)(H,87,102)(H,89,100)(H2,103,104,105)/t47?,48?,54-,56-,60+,61+/m0/s1. The van der Waals surface area contributed by atoms with Gasteiger partial charge < -0.3 is 49.2 Å². The molecule has 2 bridgehead atoms. The van der Waals surface area contributed by atoms with Gasteiger partial charge in [-0.1, -0.05) is 43.9 Å². The molecule has 6 atom stereocenters. The number of ether oxygens (including phenoxy) is 4. The molecule has 624 valence electrons. The summed E-state index contributed by atoms with van der Waals surface area (Å²) in [7, 11) is -5.41. The zero-order chi connectivity index (χ0) is 84.1. The Morgan fingerprint density at radius 2 is 1.31 bits per heavy atom. The maximum absolute atomic E-state index is 16.9. The van der Waals surface area contributed by atoms with Crippen molar-refractivity contribution in [3.63, 3.8) is 0 Å². The first kappa shape index (κ1) is 88.7. The molecule has 42 heteroatoms. The van der Waals surface area contributed by atoms with Crippen LogP contribution in [0.3, 0.4) is 0 Å². The Balaban J connectivity index is 1.16. The Morgan fingerprint density at radius 3 is 1.81 bits per heavy atom. The van der Waals surface area contributed by atoms with E-state index < -0.39 is 180 Å². The van der Waals surface area contributed by atoms with E-state index in [1.54, 1.807) is 5.32 Å². The number of hydrogen-bond acceptors (Lipinski definition) is 20. The summed E-state index contributed by atoms with van der Waals surface area (Å²) in [5, 5.41) is 10.1. The Bertz CT molecular complexity index is 4540. The number of phosphoric ester groups is 1. The lowest BCUT2D eigenvalue weighted by atomic mass is 9.77. The molecule has 0 aliphatic carbocycles. The van der Waals surface area contributed by atoms with Crippen molar-refractivity contribution in [2.24, 2.45) is 10.8 Å². The van der Waals surface area contributed by atoms with Crippen LogP contribution in [-0.4, -0.2) is 239 Å². The fourth-order valence-electron chi connectivity index (χ4n) is 13.9. The second-order valence-corrected chi connectivity index (χ2v) is 33.3. The highest BCUT2D eigenvalue weighted by Gasteiger charge is 2.58. The Hall–Kier alpha value is -9.27. The quantitative estimate of drug-likeness (QED) is 0.00688. The first-order valence-electron chi connectivity index (χ1n) is 35.7. The number of amides is 5. The molecule has 6 N–H and O–H groups in total. The maximum atomic E-state index is 16.9. The fraction of sp³-hybridized carbons (Fsp3) is 0.542. The minimum absolute atomic E-state index is 0.0307. The van der Waals surface area contributed by atoms with Crippen LogP contribution < -0.4 is 30.8 Å². The molecule has 30 nitrogen and oxygen atoms in total. The number of alkyl carbamates (subject to hydrolysis) is 2. The van der Waals surface area contributed by atoms with E-state index in [-0.39, 0.29) is 53.1 Å². The molecule has 4 aliphatic heterocycles. The van der Waals surface area contributed by atoms with Crippen molar-refractivity contribution in [2.75, 3.05) is 92.2 Å². The van der Waals surface area contributed by atoms with Crippen LogP contribution in [-0.2, 0) is 77.7 Å². The van der Waals surface area contributed by atoms with Gasteiger partial charge in [-0.15, -0.1) is 0 Å². The van der Waals surface area contributed by atoms with Gasteiger partial charge in [0.25, 0.3) is 16.1 Å². The number of esters is 1. The van der Waals surface area contributed by atoms with E-state index in [0.717, 1.165) is 54.0 Å². The van der Waals surface area contributed by atoms with Gasteiger partial charge in [0.05, 0.1) is 81.0 Å². The van der Waals surface area contributed by atoms with Gasteiger partial charge in [-0.3, -0.25) is 39.3 Å². The van der Waals surface area contributed by atoms with E-state index in [4.69, 9.17) is 14.0 Å². The van der Waals surface area contributed by atoms with E-state index in [1.165, 1.54) is 82.5 Å². The summed E-state index contributed by atoms with van der Waals surface area (Å²) in [6.07, 6.45) is -12.8. The third-order valence-electron chi connectivity index (χ3n) is 20.4. The number of hydrazine groups is 1. The molecule has 0 spiro atoms. The van der Waals surface area contributed by atoms with Crippen LogP contribution in [0.25, 0.3) is 11.3 Å². The molecule has 0 radical (unpaired) electrons. The zero-order valence-corrected chi connectivity index (χ0v) is 65.6. The van der Waals surface area contributed by atoms with Crippen molar-refractivity contribution in [3.05, 3.63) is 124 Å². The molecule has 114 heavy (non-hydrogen) atoms. The number of phosphoric acid groups is 1. The number of aryl methyl sites for hydroxylation is 1. The van der Waals surface area contributed by atoms with E-state index >= 15 is 44.7 Å². The number of halogens is 10. The summed E-state index contributed by atoms with van der Waals surface area (Å²) in [6, 6.07) is 3.82. The van der Waals surface area contributed by atoms with Gasteiger partial charge in [0.15, 0.2) is 0 Å². The summed E-state index contributed by atoms with van der Waals surface area (Å²) in [5.41, 5.74) is -7.63. The third kappa shape index (κ3) is 21.2. The van der Waals surface area contributed by atoms with Crippen molar-refractivity contribution in [3.8, 4) is 28.8 Å². The molecule has 4 aliphatic rings. The largest absolute Gasteiger partial charge is 0.524 e. The summed E-state index contributed by atoms with van der Waals surface area (Å²) >= 11 is 0. The number of methoxy groups -OCH3 is 2. The summed E-state index contributed by atoms with van der Waals surface area (Å²) < 4.78 is 220. The van der Waals surface area contributed by atoms with Crippen LogP contribution in [0.5, 0.6) is 5.75 Å². The molecular weight excluding hydrogens is 1570 g/mol. The predicted molar refractivity (Wildman–Crippen MR) is 387 cm³/mol. The highest BCUT2D eigenvalue weighted by atomic mass is 32.2.